The van der Waals surface area contributed by atoms with Crippen molar-refractivity contribution in [3.63, 3.8) is 0 Å². The Labute approximate surface area is 232 Å². The number of hydrogen-bond acceptors (Lipinski definition) is 8. The van der Waals surface area contributed by atoms with Gasteiger partial charge >= 0.3 is 0 Å². The van der Waals surface area contributed by atoms with Crippen LogP contribution in [-0.2, 0) is 16.4 Å². The highest BCUT2D eigenvalue weighted by atomic mass is 35.5. The zero-order valence-electron chi connectivity index (χ0n) is 21.6. The molecule has 4 rings (SSSR count). The van der Waals surface area contributed by atoms with Gasteiger partial charge in [-0.3, -0.25) is 4.90 Å². The van der Waals surface area contributed by atoms with Gasteiger partial charge in [0.15, 0.2) is 9.84 Å². The van der Waals surface area contributed by atoms with Crippen LogP contribution in [0.1, 0.15) is 21.9 Å². The molecule has 0 fully saturated rings. The number of nitrogens with zero attached hydrogens (tertiary/aromatic N) is 3. The summed E-state index contributed by atoms with van der Waals surface area (Å²) in [7, 11) is -1.33. The fourth-order valence-corrected chi connectivity index (χ4v) is 5.74. The molecule has 0 saturated carbocycles. The van der Waals surface area contributed by atoms with E-state index in [-0.39, 0.29) is 4.90 Å². The summed E-state index contributed by atoms with van der Waals surface area (Å²) in [6.45, 7) is 4.97. The number of rotatable bonds is 9. The van der Waals surface area contributed by atoms with Gasteiger partial charge in [-0.1, -0.05) is 41.0 Å². The van der Waals surface area contributed by atoms with Crippen LogP contribution in [0, 0.1) is 13.8 Å². The summed E-state index contributed by atoms with van der Waals surface area (Å²) in [5.41, 5.74) is 11.1. The first-order valence-corrected chi connectivity index (χ1v) is 14.9. The zero-order valence-corrected chi connectivity index (χ0v) is 24.0. The topological polar surface area (TPSA) is 102 Å². The fraction of sp³-hybridized carbons (Fsp3) is 0.214. The van der Waals surface area contributed by atoms with Crippen LogP contribution in [-0.4, -0.2) is 44.0 Å². The summed E-state index contributed by atoms with van der Waals surface area (Å²) in [5, 5.41) is 4.56. The van der Waals surface area contributed by atoms with E-state index in [0.29, 0.717) is 35.2 Å². The molecule has 38 heavy (non-hydrogen) atoms. The smallest absolute Gasteiger partial charge is 0.175 e. The maximum absolute atomic E-state index is 12.0. The van der Waals surface area contributed by atoms with Gasteiger partial charge in [0.2, 0.25) is 0 Å². The number of aromatic nitrogens is 1. The summed E-state index contributed by atoms with van der Waals surface area (Å²) in [4.78, 5) is 9.00. The van der Waals surface area contributed by atoms with Crippen molar-refractivity contribution >= 4 is 44.2 Å². The Morgan fingerprint density at radius 1 is 1.16 bits per heavy atom. The SMILES string of the molecule is Cc1noc(C)c1CN(C)CC(N)=CC(=Nc1ccccc1Cl)c1ccc(-c2cccc(S(C)(=O)=O)c2)s1. The minimum atomic E-state index is -3.31. The van der Waals surface area contributed by atoms with E-state index in [1.165, 1.54) is 17.6 Å². The Balaban J connectivity index is 1.66. The Morgan fingerprint density at radius 3 is 2.61 bits per heavy atom. The van der Waals surface area contributed by atoms with Gasteiger partial charge in [0.25, 0.3) is 0 Å². The van der Waals surface area contributed by atoms with Crippen LogP contribution >= 0.6 is 22.9 Å². The first-order valence-electron chi connectivity index (χ1n) is 11.8. The maximum Gasteiger partial charge on any atom is 0.175 e. The lowest BCUT2D eigenvalue weighted by Crippen LogP contribution is -2.24. The van der Waals surface area contributed by atoms with Crippen molar-refractivity contribution in [1.29, 1.82) is 0 Å². The van der Waals surface area contributed by atoms with Crippen molar-refractivity contribution in [3.05, 3.63) is 99.4 Å². The number of nitrogens with two attached hydrogens (primary N) is 1. The first-order chi connectivity index (χ1) is 18.0. The molecule has 0 aliphatic heterocycles. The van der Waals surface area contributed by atoms with Crippen LogP contribution in [0.2, 0.25) is 5.02 Å². The lowest BCUT2D eigenvalue weighted by Gasteiger charge is -2.16. The molecular formula is C28H29ClN4O3S2. The second-order valence-corrected chi connectivity index (χ2v) is 12.6. The third kappa shape index (κ3) is 6.79. The molecule has 2 aromatic carbocycles. The minimum Gasteiger partial charge on any atom is -0.401 e. The molecule has 2 aromatic heterocycles. The fourth-order valence-electron chi connectivity index (χ4n) is 3.93. The largest absolute Gasteiger partial charge is 0.401 e. The molecule has 4 aromatic rings. The highest BCUT2D eigenvalue weighted by Gasteiger charge is 2.15. The van der Waals surface area contributed by atoms with E-state index in [1.54, 1.807) is 24.3 Å². The van der Waals surface area contributed by atoms with Crippen molar-refractivity contribution in [2.45, 2.75) is 25.3 Å². The highest BCUT2D eigenvalue weighted by molar-refractivity contribution is 7.90. The van der Waals surface area contributed by atoms with Gasteiger partial charge in [0, 0.05) is 35.5 Å². The molecule has 2 heterocycles. The van der Waals surface area contributed by atoms with Crippen LogP contribution in [0.3, 0.4) is 0 Å². The molecule has 0 unspecified atom stereocenters. The standard InChI is InChI=1S/C28H29ClN4O3S2/c1-18-23(19(2)36-32-18)17-33(3)16-21(30)15-26(31-25-11-6-5-10-24(25)29)28-13-12-27(37-28)20-8-7-9-22(14-20)38(4,34)35/h5-15H,16-17,30H2,1-4H3. The summed E-state index contributed by atoms with van der Waals surface area (Å²) in [5.74, 6) is 0.795. The summed E-state index contributed by atoms with van der Waals surface area (Å²) in [6.07, 6.45) is 3.06. The molecule has 0 aliphatic carbocycles. The van der Waals surface area contributed by atoms with Crippen molar-refractivity contribution in [2.75, 3.05) is 19.8 Å². The summed E-state index contributed by atoms with van der Waals surface area (Å²) in [6, 6.07) is 18.2. The van der Waals surface area contributed by atoms with Crippen LogP contribution in [0.25, 0.3) is 10.4 Å². The van der Waals surface area contributed by atoms with Crippen LogP contribution in [0.15, 0.2) is 86.8 Å². The number of para-hydroxylation sites is 1. The summed E-state index contributed by atoms with van der Waals surface area (Å²) < 4.78 is 29.4. The van der Waals surface area contributed by atoms with Crippen LogP contribution in [0.5, 0.6) is 0 Å². The number of halogens is 1. The third-order valence-electron chi connectivity index (χ3n) is 5.88. The zero-order chi connectivity index (χ0) is 27.4. The predicted molar refractivity (Wildman–Crippen MR) is 155 cm³/mol. The monoisotopic (exact) mass is 568 g/mol. The van der Waals surface area contributed by atoms with Gasteiger partial charge in [-0.2, -0.15) is 0 Å². The average molecular weight is 569 g/mol. The number of likely N-dealkylation sites (N-methyl/N-ethyl adjacent to an activating group) is 1. The van der Waals surface area contributed by atoms with Gasteiger partial charge in [-0.05, 0) is 68.9 Å². The molecule has 0 radical (unpaired) electrons. The lowest BCUT2D eigenvalue weighted by atomic mass is 10.2. The van der Waals surface area contributed by atoms with Gasteiger partial charge in [-0.15, -0.1) is 11.3 Å². The highest BCUT2D eigenvalue weighted by Crippen LogP contribution is 2.32. The molecule has 0 amide bonds. The quantitative estimate of drug-likeness (QED) is 0.242. The van der Waals surface area contributed by atoms with E-state index < -0.39 is 9.84 Å². The van der Waals surface area contributed by atoms with Crippen molar-refractivity contribution in [3.8, 4) is 10.4 Å². The maximum atomic E-state index is 12.0. The van der Waals surface area contributed by atoms with Gasteiger partial charge < -0.3 is 10.3 Å². The first kappa shape index (κ1) is 27.8. The predicted octanol–water partition coefficient (Wildman–Crippen LogP) is 6.17. The number of thiophene rings is 1. The van der Waals surface area contributed by atoms with E-state index in [1.807, 2.05) is 63.4 Å². The second kappa shape index (κ2) is 11.7. The second-order valence-electron chi connectivity index (χ2n) is 9.11. The average Bonchev–Trinajstić information content (AvgIpc) is 3.47. The van der Waals surface area contributed by atoms with Gasteiger partial charge in [0.1, 0.15) is 5.76 Å². The molecule has 0 bridgehead atoms. The number of aliphatic imine (C=N–C) groups is 1. The number of aryl methyl sites for hydroxylation is 2. The third-order valence-corrected chi connectivity index (χ3v) is 8.47. The van der Waals surface area contributed by atoms with Gasteiger partial charge in [0.05, 0.1) is 31.9 Å². The lowest BCUT2D eigenvalue weighted by molar-refractivity contribution is 0.347. The van der Waals surface area contributed by atoms with E-state index in [0.717, 1.165) is 32.3 Å². The molecule has 198 valence electrons. The Morgan fingerprint density at radius 2 is 1.92 bits per heavy atom. The molecule has 2 N–H and O–H groups in total. The Hall–Kier alpha value is -3.24. The minimum absolute atomic E-state index is 0.278. The van der Waals surface area contributed by atoms with Crippen LogP contribution in [0.4, 0.5) is 5.69 Å². The Bertz CT molecular complexity index is 1600. The number of benzene rings is 2. The van der Waals surface area contributed by atoms with E-state index in [2.05, 4.69) is 10.1 Å². The Kier molecular flexibility index (Phi) is 8.52. The molecule has 0 saturated heterocycles. The molecule has 0 spiro atoms. The van der Waals surface area contributed by atoms with Crippen molar-refractivity contribution in [2.24, 2.45) is 10.7 Å². The van der Waals surface area contributed by atoms with E-state index >= 15 is 0 Å². The molecule has 7 nitrogen and oxygen atoms in total. The van der Waals surface area contributed by atoms with Crippen molar-refractivity contribution in [1.82, 2.24) is 10.1 Å². The van der Waals surface area contributed by atoms with Gasteiger partial charge in [-0.25, -0.2) is 13.4 Å². The normalized spacial score (nSPS) is 12.9. The number of hydrogen-bond donors (Lipinski definition) is 1. The summed E-state index contributed by atoms with van der Waals surface area (Å²) >= 11 is 7.92. The van der Waals surface area contributed by atoms with Crippen molar-refractivity contribution < 1.29 is 12.9 Å². The van der Waals surface area contributed by atoms with E-state index in [9.17, 15) is 8.42 Å². The number of sulfone groups is 1. The van der Waals surface area contributed by atoms with Crippen LogP contribution < -0.4 is 5.73 Å². The molecular weight excluding hydrogens is 540 g/mol. The molecule has 10 heteroatoms. The molecule has 0 aliphatic rings. The van der Waals surface area contributed by atoms with E-state index in [4.69, 9.17) is 26.9 Å². The molecule has 0 atom stereocenters. The number of allylic oxidation sites excluding steroid dienone is 1.